The Hall–Kier alpha value is 0.0838. The molecule has 0 N–H and O–H groups in total. The Bertz CT molecular complexity index is 449. The van der Waals surface area contributed by atoms with Crippen molar-refractivity contribution in [3.8, 4) is 0 Å². The Morgan fingerprint density at radius 3 is 1.84 bits per heavy atom. The van der Waals surface area contributed by atoms with Crippen molar-refractivity contribution in [3.05, 3.63) is 49.3 Å². The lowest BCUT2D eigenvalue weighted by Crippen LogP contribution is -2.43. The van der Waals surface area contributed by atoms with Crippen molar-refractivity contribution in [1.82, 2.24) is 0 Å². The normalized spacial score (nSPS) is 18.4. The Morgan fingerprint density at radius 1 is 0.789 bits per heavy atom. The summed E-state index contributed by atoms with van der Waals surface area (Å²) in [6, 6.07) is 4.78. The van der Waals surface area contributed by atoms with Gasteiger partial charge in [0.15, 0.2) is 0 Å². The Labute approximate surface area is 123 Å². The van der Waals surface area contributed by atoms with E-state index >= 15 is 0 Å². The zero-order valence-corrected chi connectivity index (χ0v) is 15.8. The highest BCUT2D eigenvalue weighted by Crippen LogP contribution is 2.31. The smallest absolute Gasteiger partial charge is 0.0782 e. The lowest BCUT2D eigenvalue weighted by atomic mass is 10.0. The topological polar surface area (TPSA) is 0 Å². The molecule has 0 amide bonds. The summed E-state index contributed by atoms with van der Waals surface area (Å²) in [5.74, 6) is 1.40. The Morgan fingerprint density at radius 2 is 1.37 bits per heavy atom. The first kappa shape index (κ1) is 15.5. The van der Waals surface area contributed by atoms with E-state index in [4.69, 9.17) is 0 Å². The lowest BCUT2D eigenvalue weighted by molar-refractivity contribution is 1.31. The first-order valence-corrected chi connectivity index (χ1v) is 14.8. The van der Waals surface area contributed by atoms with E-state index in [0.29, 0.717) is 0 Å². The molecule has 0 nitrogen and oxygen atoms in total. The van der Waals surface area contributed by atoms with Gasteiger partial charge in [0.05, 0.1) is 16.1 Å². The van der Waals surface area contributed by atoms with E-state index in [-0.39, 0.29) is 0 Å². The van der Waals surface area contributed by atoms with Crippen LogP contribution in [0.25, 0.3) is 0 Å². The summed E-state index contributed by atoms with van der Waals surface area (Å²) in [6.07, 6.45) is 8.78. The molecule has 0 bridgehead atoms. The number of hydrogen-bond acceptors (Lipinski definition) is 0. The van der Waals surface area contributed by atoms with E-state index in [1.807, 2.05) is 0 Å². The van der Waals surface area contributed by atoms with Gasteiger partial charge in [-0.25, -0.2) is 0 Å². The lowest BCUT2D eigenvalue weighted by Gasteiger charge is -2.26. The van der Waals surface area contributed by atoms with Crippen molar-refractivity contribution in [1.29, 1.82) is 0 Å². The minimum atomic E-state index is -1.28. The molecule has 3 heteroatoms. The third kappa shape index (κ3) is 3.59. The summed E-state index contributed by atoms with van der Waals surface area (Å²) < 4.78 is 0. The van der Waals surface area contributed by atoms with Crippen molar-refractivity contribution in [3.63, 3.8) is 0 Å². The van der Waals surface area contributed by atoms with Crippen LogP contribution in [0.15, 0.2) is 12.1 Å². The quantitative estimate of drug-likeness (QED) is 0.737. The summed E-state index contributed by atoms with van der Waals surface area (Å²) in [7, 11) is -0.953. The molecule has 1 saturated carbocycles. The maximum Gasteiger partial charge on any atom is 0.0838 e. The molecule has 19 heavy (non-hydrogen) atoms. The highest BCUT2D eigenvalue weighted by atomic mass is 31.0. The number of hydrogen-bond donors (Lipinski definition) is 0. The van der Waals surface area contributed by atoms with Gasteiger partial charge in [0.1, 0.15) is 0 Å². The van der Waals surface area contributed by atoms with Gasteiger partial charge in [-0.2, -0.15) is 0 Å². The highest BCUT2D eigenvalue weighted by molar-refractivity contribution is 7.49. The van der Waals surface area contributed by atoms with Crippen LogP contribution < -0.4 is 9.84 Å². The first-order valence-electron chi connectivity index (χ1n) is 6.94. The average Bonchev–Trinajstić information content (AvgIpc) is 2.79. The molecule has 0 aliphatic heterocycles. The summed E-state index contributed by atoms with van der Waals surface area (Å²) in [5, 5.41) is 0. The van der Waals surface area contributed by atoms with E-state index in [1.54, 1.807) is 9.84 Å². The molecule has 0 aromatic carbocycles. The molecular weight excluding hydrogens is 279 g/mol. The maximum absolute atomic E-state index is 2.47. The molecular formula is C16H24PSi2. The van der Waals surface area contributed by atoms with Gasteiger partial charge in [0.2, 0.25) is 0 Å². The van der Waals surface area contributed by atoms with Gasteiger partial charge in [-0.3, -0.25) is 0 Å². The fourth-order valence-electron chi connectivity index (χ4n) is 2.24. The minimum Gasteiger partial charge on any atom is -0.0782 e. The van der Waals surface area contributed by atoms with Gasteiger partial charge >= 0.3 is 0 Å². The second kappa shape index (κ2) is 5.46. The molecule has 0 saturated heterocycles. The van der Waals surface area contributed by atoms with E-state index in [2.05, 4.69) is 77.1 Å². The largest absolute Gasteiger partial charge is 0.0838 e. The molecule has 0 spiro atoms. The van der Waals surface area contributed by atoms with E-state index < -0.39 is 16.1 Å². The fraction of sp³-hybridized carbons (Fsp3) is 0.375. The van der Waals surface area contributed by atoms with Crippen LogP contribution in [-0.4, -0.2) is 16.1 Å². The predicted molar refractivity (Wildman–Crippen MR) is 94.5 cm³/mol. The highest BCUT2D eigenvalue weighted by Gasteiger charge is 2.29. The van der Waals surface area contributed by atoms with Gasteiger partial charge in [0, 0.05) is 5.92 Å². The molecule has 1 aliphatic carbocycles. The molecule has 2 rings (SSSR count). The number of rotatable bonds is 3. The summed E-state index contributed by atoms with van der Waals surface area (Å²) in [4.78, 5) is 3.39. The minimum absolute atomic E-state index is 1.19. The van der Waals surface area contributed by atoms with Crippen LogP contribution in [-0.2, 0) is 0 Å². The maximum atomic E-state index is 2.47. The summed E-state index contributed by atoms with van der Waals surface area (Å²) in [6.45, 7) is 14.8. The van der Waals surface area contributed by atoms with Crippen molar-refractivity contribution >= 4 is 34.2 Å². The first-order chi connectivity index (χ1) is 8.69. The SMILES string of the molecule is C[Si](C)(C)c1ccc([C]2[CH][CH][CH][CH]2)c([Si](C)(C)C)p1. The zero-order chi connectivity index (χ0) is 14.3. The zero-order valence-electron chi connectivity index (χ0n) is 12.9. The molecule has 5 radical (unpaired) electrons. The summed E-state index contributed by atoms with van der Waals surface area (Å²) in [5.41, 5.74) is 1.49. The van der Waals surface area contributed by atoms with Crippen LogP contribution in [0.2, 0.25) is 39.3 Å². The molecule has 1 aliphatic rings. The monoisotopic (exact) mass is 303 g/mol. The van der Waals surface area contributed by atoms with Crippen molar-refractivity contribution < 1.29 is 0 Å². The molecule has 1 fully saturated rings. The molecule has 1 heterocycles. The van der Waals surface area contributed by atoms with Gasteiger partial charge < -0.3 is 0 Å². The molecule has 0 unspecified atom stereocenters. The molecule has 101 valence electrons. The van der Waals surface area contributed by atoms with Gasteiger partial charge in [0.25, 0.3) is 0 Å². The van der Waals surface area contributed by atoms with Crippen LogP contribution in [0.5, 0.6) is 0 Å². The second-order valence-corrected chi connectivity index (χ2v) is 19.3. The third-order valence-electron chi connectivity index (χ3n) is 3.35. The van der Waals surface area contributed by atoms with Crippen LogP contribution in [0, 0.1) is 31.6 Å². The third-order valence-corrected chi connectivity index (χ3v) is 12.3. The van der Waals surface area contributed by atoms with Gasteiger partial charge in [-0.05, 0) is 41.1 Å². The van der Waals surface area contributed by atoms with E-state index in [0.717, 1.165) is 0 Å². The van der Waals surface area contributed by atoms with Crippen molar-refractivity contribution in [2.45, 2.75) is 39.3 Å². The van der Waals surface area contributed by atoms with E-state index in [1.165, 1.54) is 19.7 Å². The summed E-state index contributed by atoms with van der Waals surface area (Å²) >= 11 is 0. The van der Waals surface area contributed by atoms with Crippen molar-refractivity contribution in [2.24, 2.45) is 0 Å². The van der Waals surface area contributed by atoms with Gasteiger partial charge in [-0.1, -0.05) is 59.6 Å². The Balaban J connectivity index is 2.49. The van der Waals surface area contributed by atoms with Crippen LogP contribution in [0.3, 0.4) is 0 Å². The standard InChI is InChI=1S/C16H24PSi2/c1-18(2,3)15-12-11-14(13-9-7-8-10-13)16(17-15)19(4,5)6/h7-12H,1-6H3. The van der Waals surface area contributed by atoms with Gasteiger partial charge in [-0.15, -0.1) is 0 Å². The van der Waals surface area contributed by atoms with Crippen LogP contribution in [0.4, 0.5) is 0 Å². The average molecular weight is 304 g/mol. The van der Waals surface area contributed by atoms with Crippen LogP contribution in [0.1, 0.15) is 5.56 Å². The Kier molecular flexibility index (Phi) is 4.45. The predicted octanol–water partition coefficient (Wildman–Crippen LogP) is 4.11. The van der Waals surface area contributed by atoms with Crippen LogP contribution >= 0.6 is 8.19 Å². The van der Waals surface area contributed by atoms with Crippen molar-refractivity contribution in [2.75, 3.05) is 0 Å². The molecule has 0 atom stereocenters. The second-order valence-electron chi connectivity index (χ2n) is 7.27. The molecule has 1 aromatic heterocycles. The van der Waals surface area contributed by atoms with E-state index in [9.17, 15) is 0 Å². The fourth-order valence-corrected chi connectivity index (χ4v) is 8.28. The molecule has 1 aromatic rings.